The molecular weight excluding hydrogens is 266 g/mol. The van der Waals surface area contributed by atoms with Gasteiger partial charge in [0, 0.05) is 30.9 Å². The van der Waals surface area contributed by atoms with Crippen LogP contribution in [0.5, 0.6) is 0 Å². The zero-order valence-corrected chi connectivity index (χ0v) is 12.9. The number of aliphatic hydroxyl groups is 1. The molecule has 1 aromatic carbocycles. The summed E-state index contributed by atoms with van der Waals surface area (Å²) in [6.07, 6.45) is 2.10. The van der Waals surface area contributed by atoms with Crippen molar-refractivity contribution in [2.24, 2.45) is 0 Å². The number of nitrogen functional groups attached to an aromatic ring is 1. The second-order valence-electron chi connectivity index (χ2n) is 6.25. The second kappa shape index (κ2) is 6.45. The lowest BCUT2D eigenvalue weighted by atomic mass is 10.1. The summed E-state index contributed by atoms with van der Waals surface area (Å²) in [4.78, 5) is 14.2. The van der Waals surface area contributed by atoms with E-state index in [9.17, 15) is 9.90 Å². The second-order valence-corrected chi connectivity index (χ2v) is 6.25. The number of carbonyl (C=O) groups excluding carboxylic acids is 1. The minimum Gasteiger partial charge on any atom is -0.399 e. The Morgan fingerprint density at radius 3 is 2.90 bits per heavy atom. The molecular formula is C16H25N3O2. The van der Waals surface area contributed by atoms with Gasteiger partial charge in [-0.25, -0.2) is 0 Å². The smallest absolute Gasteiger partial charge is 0.224 e. The van der Waals surface area contributed by atoms with Crippen molar-refractivity contribution >= 4 is 17.3 Å². The van der Waals surface area contributed by atoms with Gasteiger partial charge >= 0.3 is 0 Å². The lowest BCUT2D eigenvalue weighted by Gasteiger charge is -2.18. The van der Waals surface area contributed by atoms with Gasteiger partial charge in [0.25, 0.3) is 0 Å². The van der Waals surface area contributed by atoms with Gasteiger partial charge in [-0.3, -0.25) is 4.79 Å². The van der Waals surface area contributed by atoms with E-state index in [1.54, 1.807) is 6.07 Å². The number of nitrogens with one attached hydrogen (secondary N) is 1. The van der Waals surface area contributed by atoms with E-state index in [4.69, 9.17) is 5.73 Å². The van der Waals surface area contributed by atoms with Crippen molar-refractivity contribution in [1.29, 1.82) is 0 Å². The minimum absolute atomic E-state index is 0.0221. The van der Waals surface area contributed by atoms with E-state index >= 15 is 0 Å². The predicted molar refractivity (Wildman–Crippen MR) is 85.1 cm³/mol. The Bertz CT molecular complexity index is 514. The molecule has 5 nitrogen and oxygen atoms in total. The summed E-state index contributed by atoms with van der Waals surface area (Å²) < 4.78 is 0. The summed E-state index contributed by atoms with van der Waals surface area (Å²) in [6, 6.07) is 5.47. The molecule has 116 valence electrons. The van der Waals surface area contributed by atoms with Crippen LogP contribution in [0.15, 0.2) is 18.2 Å². The zero-order chi connectivity index (χ0) is 15.5. The van der Waals surface area contributed by atoms with Gasteiger partial charge in [0.05, 0.1) is 5.60 Å². The minimum atomic E-state index is -0.566. The van der Waals surface area contributed by atoms with E-state index in [1.165, 1.54) is 0 Å². The highest BCUT2D eigenvalue weighted by molar-refractivity contribution is 5.91. The quantitative estimate of drug-likeness (QED) is 0.722. The van der Waals surface area contributed by atoms with Crippen molar-refractivity contribution < 1.29 is 9.90 Å². The molecule has 5 heteroatoms. The van der Waals surface area contributed by atoms with Gasteiger partial charge in [-0.2, -0.15) is 0 Å². The summed E-state index contributed by atoms with van der Waals surface area (Å²) in [5, 5.41) is 12.8. The first-order valence-electron chi connectivity index (χ1n) is 7.46. The molecule has 1 unspecified atom stereocenters. The van der Waals surface area contributed by atoms with Gasteiger partial charge in [-0.15, -0.1) is 0 Å². The number of β-amino-alcohol motifs (C(OH)–C–C–N with tert-alkyl or cyclic N) is 1. The summed E-state index contributed by atoms with van der Waals surface area (Å²) in [5.41, 5.74) is 7.62. The first-order valence-corrected chi connectivity index (χ1v) is 7.46. The maximum atomic E-state index is 11.9. The number of carbonyl (C=O) groups is 1. The van der Waals surface area contributed by atoms with E-state index in [-0.39, 0.29) is 5.91 Å². The Hall–Kier alpha value is -1.59. The molecule has 1 heterocycles. The van der Waals surface area contributed by atoms with Crippen LogP contribution in [0, 0.1) is 6.92 Å². The molecule has 21 heavy (non-hydrogen) atoms. The highest BCUT2D eigenvalue weighted by Crippen LogP contribution is 2.21. The Balaban J connectivity index is 1.73. The van der Waals surface area contributed by atoms with Gasteiger partial charge in [0.1, 0.15) is 0 Å². The molecule has 1 atom stereocenters. The molecule has 0 aliphatic carbocycles. The summed E-state index contributed by atoms with van der Waals surface area (Å²) >= 11 is 0. The van der Waals surface area contributed by atoms with Crippen LogP contribution in [0.2, 0.25) is 0 Å². The van der Waals surface area contributed by atoms with Gasteiger partial charge in [-0.05, 0) is 57.0 Å². The summed E-state index contributed by atoms with van der Waals surface area (Å²) in [7, 11) is 0. The number of hydrogen-bond acceptors (Lipinski definition) is 4. The lowest BCUT2D eigenvalue weighted by molar-refractivity contribution is -0.116. The maximum absolute atomic E-state index is 11.9. The highest BCUT2D eigenvalue weighted by atomic mass is 16.3. The SMILES string of the molecule is Cc1cc(N)ccc1NC(=O)CCCN1CCC(C)(O)C1. The van der Waals surface area contributed by atoms with Crippen LogP contribution in [0.25, 0.3) is 0 Å². The van der Waals surface area contributed by atoms with E-state index in [0.29, 0.717) is 18.7 Å². The lowest BCUT2D eigenvalue weighted by Crippen LogP contribution is -2.30. The average Bonchev–Trinajstić information content (AvgIpc) is 2.72. The van der Waals surface area contributed by atoms with Crippen molar-refractivity contribution in [2.75, 3.05) is 30.7 Å². The molecule has 0 radical (unpaired) electrons. The number of hydrogen-bond donors (Lipinski definition) is 3. The van der Waals surface area contributed by atoms with E-state index in [0.717, 1.165) is 37.2 Å². The molecule has 0 aromatic heterocycles. The predicted octanol–water partition coefficient (Wildman–Crippen LogP) is 1.75. The number of nitrogens with two attached hydrogens (primary N) is 1. The Morgan fingerprint density at radius 1 is 1.52 bits per heavy atom. The largest absolute Gasteiger partial charge is 0.399 e. The molecule has 1 aromatic rings. The van der Waals surface area contributed by atoms with E-state index < -0.39 is 5.60 Å². The Morgan fingerprint density at radius 2 is 2.29 bits per heavy atom. The van der Waals surface area contributed by atoms with Crippen molar-refractivity contribution in [2.45, 2.75) is 38.7 Å². The molecule has 0 saturated carbocycles. The number of likely N-dealkylation sites (tertiary alicyclic amines) is 1. The molecule has 1 aliphatic heterocycles. The molecule has 1 saturated heterocycles. The van der Waals surface area contributed by atoms with Gasteiger partial charge in [0.15, 0.2) is 0 Å². The normalized spacial score (nSPS) is 22.4. The van der Waals surface area contributed by atoms with Crippen molar-refractivity contribution in [1.82, 2.24) is 4.90 Å². The summed E-state index contributed by atoms with van der Waals surface area (Å²) in [6.45, 7) is 6.25. The van der Waals surface area contributed by atoms with Crippen LogP contribution in [-0.4, -0.2) is 41.1 Å². The van der Waals surface area contributed by atoms with Crippen LogP contribution in [-0.2, 0) is 4.79 Å². The van der Waals surface area contributed by atoms with Crippen LogP contribution < -0.4 is 11.1 Å². The fourth-order valence-electron chi connectivity index (χ4n) is 2.73. The molecule has 1 aliphatic rings. The van der Waals surface area contributed by atoms with Gasteiger partial charge in [0.2, 0.25) is 5.91 Å². The monoisotopic (exact) mass is 291 g/mol. The molecule has 0 bridgehead atoms. The molecule has 1 amide bonds. The molecule has 1 fully saturated rings. The van der Waals surface area contributed by atoms with Gasteiger partial charge in [-0.1, -0.05) is 0 Å². The average molecular weight is 291 g/mol. The topological polar surface area (TPSA) is 78.6 Å². The number of amides is 1. The summed E-state index contributed by atoms with van der Waals surface area (Å²) in [5.74, 6) is 0.0221. The maximum Gasteiger partial charge on any atom is 0.224 e. The number of benzene rings is 1. The third kappa shape index (κ3) is 4.72. The Labute approximate surface area is 126 Å². The number of rotatable bonds is 5. The van der Waals surface area contributed by atoms with Crippen molar-refractivity contribution in [3.63, 3.8) is 0 Å². The first kappa shape index (κ1) is 15.8. The fraction of sp³-hybridized carbons (Fsp3) is 0.562. The van der Waals surface area contributed by atoms with Gasteiger partial charge < -0.3 is 21.1 Å². The van der Waals surface area contributed by atoms with E-state index in [2.05, 4.69) is 10.2 Å². The van der Waals surface area contributed by atoms with Crippen LogP contribution in [0.4, 0.5) is 11.4 Å². The standard InChI is InChI=1S/C16H25N3O2/c1-12-10-13(17)5-6-14(12)18-15(20)4-3-8-19-9-7-16(2,21)11-19/h5-6,10,21H,3-4,7-9,11,17H2,1-2H3,(H,18,20). The highest BCUT2D eigenvalue weighted by Gasteiger charge is 2.30. The van der Waals surface area contributed by atoms with Crippen molar-refractivity contribution in [3.8, 4) is 0 Å². The Kier molecular flexibility index (Phi) is 4.85. The van der Waals surface area contributed by atoms with Crippen molar-refractivity contribution in [3.05, 3.63) is 23.8 Å². The third-order valence-corrected chi connectivity index (χ3v) is 3.93. The molecule has 0 spiro atoms. The van der Waals surface area contributed by atoms with Crippen LogP contribution >= 0.6 is 0 Å². The fourth-order valence-corrected chi connectivity index (χ4v) is 2.73. The van der Waals surface area contributed by atoms with E-state index in [1.807, 2.05) is 26.0 Å². The number of nitrogens with zero attached hydrogens (tertiary/aromatic N) is 1. The number of aryl methyl sites for hydroxylation is 1. The third-order valence-electron chi connectivity index (χ3n) is 3.93. The molecule has 2 rings (SSSR count). The van der Waals surface area contributed by atoms with Crippen LogP contribution in [0.1, 0.15) is 31.7 Å². The zero-order valence-electron chi connectivity index (χ0n) is 12.9. The number of anilines is 2. The first-order chi connectivity index (χ1) is 9.85. The van der Waals surface area contributed by atoms with Crippen LogP contribution in [0.3, 0.4) is 0 Å². The molecule has 4 N–H and O–H groups in total.